The van der Waals surface area contributed by atoms with Crippen LogP contribution in [0.5, 0.6) is 5.88 Å². The van der Waals surface area contributed by atoms with Crippen molar-refractivity contribution in [3.05, 3.63) is 83.8 Å². The number of nitrogens with zero attached hydrogens (tertiary/aromatic N) is 5. The second kappa shape index (κ2) is 16.5. The number of carbonyl (C=O) groups is 4. The van der Waals surface area contributed by atoms with Gasteiger partial charge < -0.3 is 28.4 Å². The first-order chi connectivity index (χ1) is 29.4. The third kappa shape index (κ3) is 8.04. The molecule has 17 heteroatoms. The summed E-state index contributed by atoms with van der Waals surface area (Å²) in [7, 11) is 1.92. The van der Waals surface area contributed by atoms with Gasteiger partial charge in [-0.3, -0.25) is 34.4 Å². The van der Waals surface area contributed by atoms with Crippen LogP contribution >= 0.6 is 0 Å². The van der Waals surface area contributed by atoms with Gasteiger partial charge in [0, 0.05) is 112 Å². The van der Waals surface area contributed by atoms with Gasteiger partial charge in [-0.2, -0.15) is 13.2 Å². The minimum atomic E-state index is -4.65. The molecule has 4 amide bonds. The molecular formula is C44H43F3N6O8. The van der Waals surface area contributed by atoms with E-state index in [1.165, 1.54) is 6.20 Å². The number of benzene rings is 2. The number of alkyl halides is 3. The quantitative estimate of drug-likeness (QED) is 0.100. The number of pyridine rings is 2. The highest BCUT2D eigenvalue weighted by Gasteiger charge is 2.45. The first kappa shape index (κ1) is 40.5. The van der Waals surface area contributed by atoms with Gasteiger partial charge in [-0.25, -0.2) is 4.98 Å². The Labute approximate surface area is 347 Å². The zero-order valence-electron chi connectivity index (χ0n) is 33.3. The second-order valence-electron chi connectivity index (χ2n) is 15.9. The molecule has 4 aliphatic rings. The van der Waals surface area contributed by atoms with E-state index in [0.29, 0.717) is 76.3 Å². The average Bonchev–Trinajstić information content (AvgIpc) is 3.64. The molecule has 1 aliphatic carbocycles. The van der Waals surface area contributed by atoms with Crippen molar-refractivity contribution >= 4 is 51.1 Å². The molecule has 0 spiro atoms. The molecule has 9 rings (SSSR count). The fourth-order valence-corrected chi connectivity index (χ4v) is 8.38. The number of aryl methyl sites for hydroxylation is 1. The molecule has 61 heavy (non-hydrogen) atoms. The molecule has 3 aromatic heterocycles. The molecule has 6 heterocycles. The number of aromatic nitrogens is 3. The topological polar surface area (TPSA) is 154 Å². The van der Waals surface area contributed by atoms with Gasteiger partial charge in [0.25, 0.3) is 11.8 Å². The number of rotatable bonds is 15. The van der Waals surface area contributed by atoms with Crippen LogP contribution in [-0.4, -0.2) is 107 Å². The van der Waals surface area contributed by atoms with E-state index in [4.69, 9.17) is 18.9 Å². The van der Waals surface area contributed by atoms with E-state index in [0.717, 1.165) is 38.5 Å². The van der Waals surface area contributed by atoms with Gasteiger partial charge in [-0.05, 0) is 61.2 Å². The van der Waals surface area contributed by atoms with Crippen LogP contribution in [0.1, 0.15) is 64.8 Å². The lowest BCUT2D eigenvalue weighted by Crippen LogP contribution is -2.54. The third-order valence-corrected chi connectivity index (χ3v) is 11.8. The van der Waals surface area contributed by atoms with Crippen molar-refractivity contribution in [2.75, 3.05) is 44.4 Å². The van der Waals surface area contributed by atoms with E-state index in [1.807, 2.05) is 34.7 Å². The van der Waals surface area contributed by atoms with E-state index >= 15 is 0 Å². The lowest BCUT2D eigenvalue weighted by atomic mass is 9.92. The van der Waals surface area contributed by atoms with E-state index in [1.54, 1.807) is 36.7 Å². The van der Waals surface area contributed by atoms with Crippen LogP contribution in [0.3, 0.4) is 0 Å². The van der Waals surface area contributed by atoms with Crippen molar-refractivity contribution in [3.8, 4) is 17.0 Å². The summed E-state index contributed by atoms with van der Waals surface area (Å²) in [6, 6.07) is 12.6. The van der Waals surface area contributed by atoms with Crippen LogP contribution < -0.4 is 15.0 Å². The van der Waals surface area contributed by atoms with Crippen LogP contribution in [0, 0.1) is 0 Å². The van der Waals surface area contributed by atoms with Gasteiger partial charge in [-0.1, -0.05) is 12.1 Å². The maximum Gasteiger partial charge on any atom is 0.421 e. The molecule has 14 nitrogen and oxygen atoms in total. The number of fused-ring (bicyclic) bond motifs is 4. The summed E-state index contributed by atoms with van der Waals surface area (Å²) in [5.41, 5.74) is 3.18. The largest absolute Gasteiger partial charge is 0.474 e. The predicted molar refractivity (Wildman–Crippen MR) is 215 cm³/mol. The molecule has 1 unspecified atom stereocenters. The molecule has 2 aromatic carbocycles. The standard InChI is InChI=1S/C44H43F3N6O8/c1-51-36-10-11-48-22-34(36)31-6-4-25(17-38(31)51)26-16-35(44(45,46)47)41(49-21-26)61-29-19-28(20-29)59-14-2-12-58-13-3-15-60-30-23-52(24-30)27-5-7-32-33(18-27)43(57)53(42(32)56)37-8-9-39(54)50-40(37)55/h4-7,10-11,16-18,21-22,28-30,37H,2-3,8-9,12-15,19-20,23-24H2,1H3,(H,50,54,55). The SMILES string of the molecule is Cn1c2ccncc2c2ccc(-c3cnc(OC4CC(OCCCOCCCOC5CN(c6ccc7c(c6)C(=O)N(C6CCC(=O)NC6=O)C7=O)C5)C4)c(C(F)(F)F)c3)cc21. The molecule has 0 radical (unpaired) electrons. The number of anilines is 1. The fraction of sp³-hybridized carbons (Fsp3) is 0.409. The lowest BCUT2D eigenvalue weighted by Gasteiger charge is -2.40. The molecule has 318 valence electrons. The van der Waals surface area contributed by atoms with Crippen molar-refractivity contribution in [1.82, 2.24) is 24.8 Å². The number of nitrogens with one attached hydrogen (secondary N) is 1. The molecule has 1 atom stereocenters. The van der Waals surface area contributed by atoms with Gasteiger partial charge in [0.2, 0.25) is 17.7 Å². The second-order valence-corrected chi connectivity index (χ2v) is 15.9. The molecule has 1 saturated carbocycles. The first-order valence-corrected chi connectivity index (χ1v) is 20.4. The van der Waals surface area contributed by atoms with Crippen LogP contribution in [0.15, 0.2) is 67.1 Å². The smallest absolute Gasteiger partial charge is 0.421 e. The highest BCUT2D eigenvalue weighted by atomic mass is 19.4. The number of hydrogen-bond donors (Lipinski definition) is 1. The summed E-state index contributed by atoms with van der Waals surface area (Å²) < 4.78 is 68.0. The van der Waals surface area contributed by atoms with Crippen molar-refractivity contribution in [2.45, 2.75) is 69.1 Å². The molecule has 3 fully saturated rings. The Kier molecular flexibility index (Phi) is 11.0. The van der Waals surface area contributed by atoms with Crippen molar-refractivity contribution < 1.29 is 51.3 Å². The van der Waals surface area contributed by atoms with Gasteiger partial charge >= 0.3 is 6.18 Å². The maximum atomic E-state index is 14.2. The Bertz CT molecular complexity index is 2530. The van der Waals surface area contributed by atoms with E-state index < -0.39 is 53.4 Å². The van der Waals surface area contributed by atoms with Crippen molar-refractivity contribution in [1.29, 1.82) is 0 Å². The van der Waals surface area contributed by atoms with Gasteiger partial charge in [-0.15, -0.1) is 0 Å². The summed E-state index contributed by atoms with van der Waals surface area (Å²) in [6.07, 6.45) is 2.23. The monoisotopic (exact) mass is 840 g/mol. The van der Waals surface area contributed by atoms with E-state index in [2.05, 4.69) is 15.3 Å². The average molecular weight is 841 g/mol. The Morgan fingerprint density at radius 2 is 1.54 bits per heavy atom. The van der Waals surface area contributed by atoms with Gasteiger partial charge in [0.15, 0.2) is 0 Å². The highest BCUT2D eigenvalue weighted by molar-refractivity contribution is 6.23. The van der Waals surface area contributed by atoms with Crippen LogP contribution in [0.2, 0.25) is 0 Å². The molecular weight excluding hydrogens is 798 g/mol. The summed E-state index contributed by atoms with van der Waals surface area (Å²) in [6.45, 7) is 3.24. The predicted octanol–water partition coefficient (Wildman–Crippen LogP) is 5.84. The van der Waals surface area contributed by atoms with Crippen LogP contribution in [0.4, 0.5) is 18.9 Å². The number of imide groups is 2. The maximum absolute atomic E-state index is 14.2. The number of carbonyl (C=O) groups excluding carboxylic acids is 4. The minimum Gasteiger partial charge on any atom is -0.474 e. The van der Waals surface area contributed by atoms with Crippen molar-refractivity contribution in [3.63, 3.8) is 0 Å². The number of piperidine rings is 1. The normalized spacial score (nSPS) is 20.6. The Morgan fingerprint density at radius 1 is 0.787 bits per heavy atom. The number of halogens is 3. The van der Waals surface area contributed by atoms with Gasteiger partial charge in [0.05, 0.1) is 28.9 Å². The zero-order chi connectivity index (χ0) is 42.4. The van der Waals surface area contributed by atoms with E-state index in [-0.39, 0.29) is 36.2 Å². The highest BCUT2D eigenvalue weighted by Crippen LogP contribution is 2.40. The molecule has 0 bridgehead atoms. The Morgan fingerprint density at radius 3 is 2.30 bits per heavy atom. The van der Waals surface area contributed by atoms with Crippen LogP contribution in [0.25, 0.3) is 32.9 Å². The summed E-state index contributed by atoms with van der Waals surface area (Å²) >= 11 is 0. The molecule has 3 aliphatic heterocycles. The number of ether oxygens (including phenoxy) is 4. The molecule has 5 aromatic rings. The summed E-state index contributed by atoms with van der Waals surface area (Å²) in [5, 5.41) is 4.14. The third-order valence-electron chi connectivity index (χ3n) is 11.8. The molecule has 2 saturated heterocycles. The molecule has 1 N–H and O–H groups in total. The van der Waals surface area contributed by atoms with E-state index in [9.17, 15) is 32.3 Å². The Hall–Kier alpha value is -5.91. The Balaban J connectivity index is 0.651. The summed E-state index contributed by atoms with van der Waals surface area (Å²) in [5.74, 6) is -2.56. The minimum absolute atomic E-state index is 0.0135. The van der Waals surface area contributed by atoms with Gasteiger partial charge in [0.1, 0.15) is 17.7 Å². The first-order valence-electron chi connectivity index (χ1n) is 20.4. The van der Waals surface area contributed by atoms with Crippen LogP contribution in [-0.2, 0) is 37.0 Å². The summed E-state index contributed by atoms with van der Waals surface area (Å²) in [4.78, 5) is 61.3. The zero-order valence-corrected chi connectivity index (χ0v) is 33.3. The number of amides is 4. The van der Waals surface area contributed by atoms with Crippen molar-refractivity contribution in [2.24, 2.45) is 7.05 Å². The lowest BCUT2D eigenvalue weighted by molar-refractivity contribution is -0.141. The number of hydrogen-bond acceptors (Lipinski definition) is 11. The fourth-order valence-electron chi connectivity index (χ4n) is 8.38.